The number of nitrogens with zero attached hydrogens (tertiary/aromatic N) is 2. The number of aryl methyl sites for hydroxylation is 2. The summed E-state index contributed by atoms with van der Waals surface area (Å²) in [5.74, 6) is -6.00. The number of rotatable bonds is 3. The fraction of sp³-hybridized carbons (Fsp3) is 0.615. The topological polar surface area (TPSA) is 109 Å². The van der Waals surface area contributed by atoms with E-state index in [0.29, 0.717) is 5.13 Å². The van der Waals surface area contributed by atoms with Gasteiger partial charge in [0.15, 0.2) is 10.7 Å². The minimum absolute atomic E-state index is 0.101. The quantitative estimate of drug-likeness (QED) is 0.749. The van der Waals surface area contributed by atoms with Crippen LogP contribution in [0.2, 0.25) is 0 Å². The number of hydrogen-bond acceptors (Lipinski definition) is 5. The molecule has 7 nitrogen and oxygen atoms in total. The van der Waals surface area contributed by atoms with Gasteiger partial charge in [-0.1, -0.05) is 0 Å². The summed E-state index contributed by atoms with van der Waals surface area (Å²) >= 11 is 1.36. The van der Waals surface area contributed by atoms with E-state index in [1.165, 1.54) is 11.3 Å². The number of anilines is 1. The number of urea groups is 1. The first-order valence-electron chi connectivity index (χ1n) is 7.17. The van der Waals surface area contributed by atoms with E-state index in [1.54, 1.807) is 0 Å². The van der Waals surface area contributed by atoms with Crippen LogP contribution in [0.15, 0.2) is 0 Å². The van der Waals surface area contributed by atoms with Gasteiger partial charge in [0.05, 0.1) is 12.2 Å². The van der Waals surface area contributed by atoms with Gasteiger partial charge in [-0.3, -0.25) is 10.1 Å². The number of fused-ring (bicyclic) bond motifs is 1. The maximum absolute atomic E-state index is 13.7. The van der Waals surface area contributed by atoms with Crippen molar-refractivity contribution in [2.24, 2.45) is 5.73 Å². The Hall–Kier alpha value is -1.81. The van der Waals surface area contributed by atoms with E-state index in [0.717, 1.165) is 34.7 Å². The Morgan fingerprint density at radius 3 is 2.83 bits per heavy atom. The van der Waals surface area contributed by atoms with Crippen LogP contribution in [0.1, 0.15) is 23.4 Å². The number of aromatic nitrogens is 1. The smallest absolute Gasteiger partial charge is 0.353 e. The zero-order valence-corrected chi connectivity index (χ0v) is 13.0. The van der Waals surface area contributed by atoms with Crippen LogP contribution in [0.4, 0.5) is 18.7 Å². The Balaban J connectivity index is 1.66. The van der Waals surface area contributed by atoms with Crippen molar-refractivity contribution in [2.75, 3.05) is 18.4 Å². The van der Waals surface area contributed by atoms with Gasteiger partial charge in [0.25, 0.3) is 5.91 Å². The zero-order chi connectivity index (χ0) is 16.8. The summed E-state index contributed by atoms with van der Waals surface area (Å²) < 4.78 is 27.4. The van der Waals surface area contributed by atoms with Crippen LogP contribution >= 0.6 is 11.3 Å². The second-order valence-electron chi connectivity index (χ2n) is 5.81. The van der Waals surface area contributed by atoms with Crippen LogP contribution in [-0.2, 0) is 17.6 Å². The van der Waals surface area contributed by atoms with Crippen LogP contribution in [0.3, 0.4) is 0 Å². The third-order valence-electron chi connectivity index (χ3n) is 4.24. The summed E-state index contributed by atoms with van der Waals surface area (Å²) in [7, 11) is 0. The maximum Gasteiger partial charge on any atom is 0.353 e. The molecule has 1 aromatic rings. The van der Waals surface area contributed by atoms with Gasteiger partial charge >= 0.3 is 12.0 Å². The average Bonchev–Trinajstić information content (AvgIpc) is 3.13. The molecule has 1 atom stereocenters. The minimum atomic E-state index is -4.09. The second-order valence-corrected chi connectivity index (χ2v) is 6.90. The number of thiazole rings is 1. The molecular formula is C13H16F2N4O3S. The van der Waals surface area contributed by atoms with Gasteiger partial charge in [-0.25, -0.2) is 9.78 Å². The van der Waals surface area contributed by atoms with E-state index in [9.17, 15) is 23.5 Å². The van der Waals surface area contributed by atoms with Crippen molar-refractivity contribution in [3.63, 3.8) is 0 Å². The number of halogens is 2. The number of nitrogens with two attached hydrogens (primary N) is 1. The van der Waals surface area contributed by atoms with Crippen molar-refractivity contribution in [3.05, 3.63) is 10.6 Å². The number of hydrogen-bond donors (Lipinski definition) is 3. The minimum Gasteiger partial charge on any atom is -0.381 e. The molecule has 3 amide bonds. The lowest BCUT2D eigenvalue weighted by atomic mass is 9.94. The van der Waals surface area contributed by atoms with Crippen LogP contribution in [0.5, 0.6) is 0 Å². The summed E-state index contributed by atoms with van der Waals surface area (Å²) in [5, 5.41) is 13.0. The molecule has 0 spiro atoms. The van der Waals surface area contributed by atoms with Crippen LogP contribution in [-0.4, -0.2) is 51.5 Å². The van der Waals surface area contributed by atoms with Gasteiger partial charge in [-0.15, -0.1) is 11.3 Å². The van der Waals surface area contributed by atoms with E-state index in [2.05, 4.69) is 16.0 Å². The molecule has 1 fully saturated rings. The first kappa shape index (κ1) is 16.1. The molecule has 1 unspecified atom stereocenters. The SMILES string of the molecule is NC(=O)C(F)(F)C1(O)CCN(C(=O)Nc2nc3c(s2)CCC3)C1. The Kier molecular flexibility index (Phi) is 3.75. The Labute approximate surface area is 134 Å². The van der Waals surface area contributed by atoms with Crippen molar-refractivity contribution in [2.45, 2.75) is 37.2 Å². The lowest BCUT2D eigenvalue weighted by molar-refractivity contribution is -0.185. The second kappa shape index (κ2) is 5.38. The standard InChI is InChI=1S/C13H16F2N4O3S/c14-13(15,9(16)20)12(22)4-5-19(6-12)11(21)18-10-17-7-2-1-3-8(7)23-10/h22H,1-6H2,(H2,16,20)(H,17,18,21). The maximum atomic E-state index is 13.7. The Morgan fingerprint density at radius 1 is 1.43 bits per heavy atom. The molecule has 1 aliphatic carbocycles. The molecule has 1 aliphatic heterocycles. The highest BCUT2D eigenvalue weighted by molar-refractivity contribution is 7.15. The van der Waals surface area contributed by atoms with Crippen molar-refractivity contribution in [1.82, 2.24) is 9.88 Å². The number of amides is 3. The highest BCUT2D eigenvalue weighted by atomic mass is 32.1. The molecule has 4 N–H and O–H groups in total. The molecule has 0 saturated carbocycles. The summed E-state index contributed by atoms with van der Waals surface area (Å²) in [5.41, 5.74) is 2.97. The molecule has 126 valence electrons. The van der Waals surface area contributed by atoms with Crippen molar-refractivity contribution in [3.8, 4) is 0 Å². The first-order chi connectivity index (χ1) is 10.7. The van der Waals surface area contributed by atoms with E-state index >= 15 is 0 Å². The Bertz CT molecular complexity index is 644. The van der Waals surface area contributed by atoms with Crippen LogP contribution in [0.25, 0.3) is 0 Å². The van der Waals surface area contributed by atoms with Gasteiger partial charge < -0.3 is 15.7 Å². The van der Waals surface area contributed by atoms with Crippen LogP contribution < -0.4 is 11.1 Å². The van der Waals surface area contributed by atoms with Gasteiger partial charge in [-0.05, 0) is 19.3 Å². The normalized spacial score (nSPS) is 23.9. The number of nitrogens with one attached hydrogen (secondary N) is 1. The van der Waals surface area contributed by atoms with Gasteiger partial charge in [0.2, 0.25) is 0 Å². The first-order valence-corrected chi connectivity index (χ1v) is 7.99. The van der Waals surface area contributed by atoms with E-state index in [1.807, 2.05) is 0 Å². The molecule has 1 saturated heterocycles. The molecule has 3 rings (SSSR count). The predicted molar refractivity (Wildman–Crippen MR) is 78.4 cm³/mol. The molecule has 0 aromatic carbocycles. The van der Waals surface area contributed by atoms with E-state index in [-0.39, 0.29) is 6.54 Å². The molecule has 2 heterocycles. The lowest BCUT2D eigenvalue weighted by Gasteiger charge is -2.29. The molecule has 0 bridgehead atoms. The molecule has 23 heavy (non-hydrogen) atoms. The summed E-state index contributed by atoms with van der Waals surface area (Å²) in [6.07, 6.45) is 2.42. The third kappa shape index (κ3) is 2.65. The third-order valence-corrected chi connectivity index (χ3v) is 5.31. The van der Waals surface area contributed by atoms with Crippen molar-refractivity contribution < 1.29 is 23.5 Å². The van der Waals surface area contributed by atoms with Crippen LogP contribution in [0, 0.1) is 0 Å². The molecular weight excluding hydrogens is 330 g/mol. The molecule has 10 heteroatoms. The number of primary amides is 1. The van der Waals surface area contributed by atoms with Gasteiger partial charge in [0.1, 0.15) is 0 Å². The monoisotopic (exact) mass is 346 g/mol. The molecule has 2 aliphatic rings. The Morgan fingerprint density at radius 2 is 2.17 bits per heavy atom. The largest absolute Gasteiger partial charge is 0.381 e. The summed E-state index contributed by atoms with van der Waals surface area (Å²) in [4.78, 5) is 29.4. The number of carbonyl (C=O) groups is 2. The van der Waals surface area contributed by atoms with Gasteiger partial charge in [-0.2, -0.15) is 8.78 Å². The van der Waals surface area contributed by atoms with E-state index < -0.39 is 36.4 Å². The highest BCUT2D eigenvalue weighted by Crippen LogP contribution is 2.37. The van der Waals surface area contributed by atoms with Crippen molar-refractivity contribution >= 4 is 28.4 Å². The predicted octanol–water partition coefficient (Wildman–Crippen LogP) is 0.721. The number of aliphatic hydroxyl groups is 1. The van der Waals surface area contributed by atoms with Crippen molar-refractivity contribution in [1.29, 1.82) is 0 Å². The number of carbonyl (C=O) groups excluding carboxylic acids is 2. The molecule has 0 radical (unpaired) electrons. The number of likely N-dealkylation sites (tertiary alicyclic amines) is 1. The average molecular weight is 346 g/mol. The fourth-order valence-corrected chi connectivity index (χ4v) is 3.91. The number of β-amino-alcohol motifs (C(OH)–C–C–N with tert-alkyl or cyclic N) is 1. The van der Waals surface area contributed by atoms with E-state index in [4.69, 9.17) is 0 Å². The fourth-order valence-electron chi connectivity index (χ4n) is 2.87. The van der Waals surface area contributed by atoms with Gasteiger partial charge in [0, 0.05) is 17.8 Å². The zero-order valence-electron chi connectivity index (χ0n) is 12.1. The number of alkyl halides is 2. The molecule has 1 aromatic heterocycles. The summed E-state index contributed by atoms with van der Waals surface area (Å²) in [6.45, 7) is -0.768. The summed E-state index contributed by atoms with van der Waals surface area (Å²) in [6, 6.07) is -0.631. The lowest BCUT2D eigenvalue weighted by Crippen LogP contribution is -2.57. The highest BCUT2D eigenvalue weighted by Gasteiger charge is 2.60.